The molecule has 1 fully saturated rings. The zero-order valence-corrected chi connectivity index (χ0v) is 12.1. The van der Waals surface area contributed by atoms with E-state index in [1.807, 2.05) is 24.0 Å². The van der Waals surface area contributed by atoms with Crippen molar-refractivity contribution in [2.24, 2.45) is 5.73 Å². The molecule has 1 aliphatic heterocycles. The number of pyridine rings is 1. The van der Waals surface area contributed by atoms with Crippen molar-refractivity contribution in [2.45, 2.75) is 30.6 Å². The van der Waals surface area contributed by atoms with Gasteiger partial charge in [0.2, 0.25) is 0 Å². The van der Waals surface area contributed by atoms with Gasteiger partial charge in [0.05, 0.1) is 0 Å². The fourth-order valence-corrected chi connectivity index (χ4v) is 4.28. The molecule has 1 aromatic rings. The van der Waals surface area contributed by atoms with E-state index in [0.29, 0.717) is 5.25 Å². The van der Waals surface area contributed by atoms with Crippen molar-refractivity contribution >= 4 is 11.8 Å². The lowest BCUT2D eigenvalue weighted by Gasteiger charge is -2.41. The molecule has 2 N–H and O–H groups in total. The molecule has 1 aliphatic rings. The molecule has 0 aromatic carbocycles. The van der Waals surface area contributed by atoms with Gasteiger partial charge in [-0.25, -0.2) is 0 Å². The van der Waals surface area contributed by atoms with Crippen LogP contribution in [0.1, 0.15) is 19.0 Å². The highest BCUT2D eigenvalue weighted by atomic mass is 32.2. The maximum Gasteiger partial charge on any atom is 0.0452 e. The summed E-state index contributed by atoms with van der Waals surface area (Å²) in [5.74, 6) is 1.23. The van der Waals surface area contributed by atoms with Gasteiger partial charge in [-0.05, 0) is 31.4 Å². The Labute approximate surface area is 114 Å². The van der Waals surface area contributed by atoms with Crippen molar-refractivity contribution < 1.29 is 0 Å². The van der Waals surface area contributed by atoms with Gasteiger partial charge in [-0.2, -0.15) is 11.8 Å². The molecule has 0 radical (unpaired) electrons. The summed E-state index contributed by atoms with van der Waals surface area (Å²) in [6, 6.07) is 6.11. The van der Waals surface area contributed by atoms with E-state index in [-0.39, 0.29) is 5.54 Å². The molecule has 3 nitrogen and oxygen atoms in total. The normalized spacial score (nSPS) is 27.9. The first kappa shape index (κ1) is 13.8. The summed E-state index contributed by atoms with van der Waals surface area (Å²) in [7, 11) is 2.21. The van der Waals surface area contributed by atoms with Gasteiger partial charge in [0.15, 0.2) is 0 Å². The maximum atomic E-state index is 6.06. The molecule has 2 heterocycles. The lowest BCUT2D eigenvalue weighted by molar-refractivity contribution is 0.131. The van der Waals surface area contributed by atoms with Crippen LogP contribution in [0.4, 0.5) is 0 Å². The molecule has 1 aromatic heterocycles. The number of thioether (sulfide) groups is 1. The van der Waals surface area contributed by atoms with E-state index < -0.39 is 0 Å². The minimum Gasteiger partial charge on any atom is -0.329 e. The maximum absolute atomic E-state index is 6.06. The van der Waals surface area contributed by atoms with Gasteiger partial charge < -0.3 is 5.73 Å². The van der Waals surface area contributed by atoms with Gasteiger partial charge in [-0.15, -0.1) is 0 Å². The van der Waals surface area contributed by atoms with Crippen LogP contribution >= 0.6 is 11.8 Å². The average Bonchev–Trinajstić information content (AvgIpc) is 2.79. The third kappa shape index (κ3) is 2.71. The monoisotopic (exact) mass is 265 g/mol. The molecule has 18 heavy (non-hydrogen) atoms. The molecule has 2 rings (SSSR count). The Morgan fingerprint density at radius 2 is 2.39 bits per heavy atom. The smallest absolute Gasteiger partial charge is 0.0452 e. The first-order chi connectivity index (χ1) is 8.69. The Kier molecular flexibility index (Phi) is 4.65. The SMILES string of the molecule is CC1SCCC1(CN)N(C)CCc1ccccn1. The summed E-state index contributed by atoms with van der Waals surface area (Å²) < 4.78 is 0. The lowest BCUT2D eigenvalue weighted by Crippen LogP contribution is -2.56. The number of hydrogen-bond acceptors (Lipinski definition) is 4. The zero-order valence-electron chi connectivity index (χ0n) is 11.3. The molecule has 0 aliphatic carbocycles. The minimum absolute atomic E-state index is 0.180. The minimum atomic E-state index is 0.180. The molecule has 1 saturated heterocycles. The second-order valence-electron chi connectivity index (χ2n) is 5.06. The summed E-state index contributed by atoms with van der Waals surface area (Å²) in [5.41, 5.74) is 7.40. The van der Waals surface area contributed by atoms with Crippen LogP contribution in [0.25, 0.3) is 0 Å². The van der Waals surface area contributed by atoms with Crippen molar-refractivity contribution in [3.05, 3.63) is 30.1 Å². The van der Waals surface area contributed by atoms with Crippen LogP contribution < -0.4 is 5.73 Å². The molecular weight excluding hydrogens is 242 g/mol. The van der Waals surface area contributed by atoms with E-state index in [4.69, 9.17) is 5.73 Å². The van der Waals surface area contributed by atoms with Crippen LogP contribution in [0.2, 0.25) is 0 Å². The van der Waals surface area contributed by atoms with E-state index >= 15 is 0 Å². The fraction of sp³-hybridized carbons (Fsp3) is 0.643. The molecule has 2 atom stereocenters. The molecule has 4 heteroatoms. The predicted octanol–water partition coefficient (Wildman–Crippen LogP) is 1.78. The largest absolute Gasteiger partial charge is 0.329 e. The highest BCUT2D eigenvalue weighted by molar-refractivity contribution is 8.00. The first-order valence-corrected chi connectivity index (χ1v) is 7.67. The van der Waals surface area contributed by atoms with E-state index in [1.54, 1.807) is 0 Å². The van der Waals surface area contributed by atoms with Crippen LogP contribution in [0.3, 0.4) is 0 Å². The number of nitrogens with zero attached hydrogens (tertiary/aromatic N) is 2. The quantitative estimate of drug-likeness (QED) is 0.881. The molecule has 0 spiro atoms. The van der Waals surface area contributed by atoms with E-state index in [1.165, 1.54) is 12.2 Å². The third-order valence-electron chi connectivity index (χ3n) is 4.20. The van der Waals surface area contributed by atoms with Crippen molar-refractivity contribution in [3.63, 3.8) is 0 Å². The zero-order chi connectivity index (χ0) is 13.0. The summed E-state index contributed by atoms with van der Waals surface area (Å²) in [6.07, 6.45) is 4.06. The molecule has 2 unspecified atom stereocenters. The Morgan fingerprint density at radius 1 is 1.56 bits per heavy atom. The van der Waals surface area contributed by atoms with Gasteiger partial charge in [0.1, 0.15) is 0 Å². The van der Waals surface area contributed by atoms with Crippen LogP contribution in [-0.2, 0) is 6.42 Å². The Bertz CT molecular complexity index is 371. The molecule has 100 valence electrons. The van der Waals surface area contributed by atoms with Gasteiger partial charge in [-0.3, -0.25) is 9.88 Å². The lowest BCUT2D eigenvalue weighted by atomic mass is 9.90. The number of rotatable bonds is 5. The van der Waals surface area contributed by atoms with E-state index in [0.717, 1.165) is 25.2 Å². The number of aromatic nitrogens is 1. The topological polar surface area (TPSA) is 42.1 Å². The Morgan fingerprint density at radius 3 is 2.94 bits per heavy atom. The van der Waals surface area contributed by atoms with Gasteiger partial charge >= 0.3 is 0 Å². The van der Waals surface area contributed by atoms with Crippen molar-refractivity contribution in [3.8, 4) is 0 Å². The van der Waals surface area contributed by atoms with Gasteiger partial charge in [0, 0.05) is 42.2 Å². The standard InChI is InChI=1S/C14H23N3S/c1-12-14(11-15,7-10-18-12)17(2)9-6-13-5-3-4-8-16-13/h3-5,8,12H,6-7,9-11,15H2,1-2H3. The number of likely N-dealkylation sites (N-methyl/N-ethyl adjacent to an activating group) is 1. The fourth-order valence-electron chi connectivity index (χ4n) is 2.75. The van der Waals surface area contributed by atoms with Crippen LogP contribution in [0, 0.1) is 0 Å². The highest BCUT2D eigenvalue weighted by Gasteiger charge is 2.42. The highest BCUT2D eigenvalue weighted by Crippen LogP contribution is 2.38. The second kappa shape index (κ2) is 6.04. The molecule has 0 amide bonds. The van der Waals surface area contributed by atoms with Crippen molar-refractivity contribution in [1.82, 2.24) is 9.88 Å². The third-order valence-corrected chi connectivity index (χ3v) is 5.58. The first-order valence-electron chi connectivity index (χ1n) is 6.62. The summed E-state index contributed by atoms with van der Waals surface area (Å²) in [4.78, 5) is 6.83. The summed E-state index contributed by atoms with van der Waals surface area (Å²) in [5, 5.41) is 0.622. The molecular formula is C14H23N3S. The van der Waals surface area contributed by atoms with E-state index in [2.05, 4.69) is 36.0 Å². The number of hydrogen-bond donors (Lipinski definition) is 1. The van der Waals surface area contributed by atoms with Crippen molar-refractivity contribution in [1.29, 1.82) is 0 Å². The Hall–Kier alpha value is -0.580. The van der Waals surface area contributed by atoms with Crippen LogP contribution in [-0.4, -0.2) is 46.6 Å². The van der Waals surface area contributed by atoms with Gasteiger partial charge in [-0.1, -0.05) is 13.0 Å². The van der Waals surface area contributed by atoms with Crippen LogP contribution in [0.15, 0.2) is 24.4 Å². The second-order valence-corrected chi connectivity index (χ2v) is 6.51. The number of nitrogens with two attached hydrogens (primary N) is 1. The average molecular weight is 265 g/mol. The summed E-state index contributed by atoms with van der Waals surface area (Å²) in [6.45, 7) is 4.08. The predicted molar refractivity (Wildman–Crippen MR) is 78.9 cm³/mol. The van der Waals surface area contributed by atoms with Crippen molar-refractivity contribution in [2.75, 3.05) is 25.9 Å². The molecule has 0 bridgehead atoms. The van der Waals surface area contributed by atoms with Gasteiger partial charge in [0.25, 0.3) is 0 Å². The Balaban J connectivity index is 1.96. The van der Waals surface area contributed by atoms with E-state index in [9.17, 15) is 0 Å². The summed E-state index contributed by atoms with van der Waals surface area (Å²) >= 11 is 2.04. The van der Waals surface area contributed by atoms with Crippen LogP contribution in [0.5, 0.6) is 0 Å². The molecule has 0 saturated carbocycles.